The number of amides is 1. The van der Waals surface area contributed by atoms with E-state index in [1.165, 1.54) is 0 Å². The average molecular weight is 315 g/mol. The monoisotopic (exact) mass is 314 g/mol. The molecule has 2 aromatic rings. The summed E-state index contributed by atoms with van der Waals surface area (Å²) in [6, 6.07) is 16.6. The van der Waals surface area contributed by atoms with Crippen LogP contribution in [0.3, 0.4) is 0 Å². The van der Waals surface area contributed by atoms with E-state index in [-0.39, 0.29) is 5.91 Å². The fourth-order valence-corrected chi connectivity index (χ4v) is 2.16. The van der Waals surface area contributed by atoms with Crippen LogP contribution in [0, 0.1) is 11.3 Å². The second-order valence-corrected chi connectivity index (χ2v) is 4.79. The van der Waals surface area contributed by atoms with Crippen LogP contribution < -0.4 is 5.32 Å². The van der Waals surface area contributed by atoms with E-state index in [1.807, 2.05) is 30.3 Å². The zero-order valence-electron chi connectivity index (χ0n) is 10.1. The third-order valence-corrected chi connectivity index (χ3v) is 3.39. The minimum Gasteiger partial charge on any atom is -0.348 e. The van der Waals surface area contributed by atoms with Crippen LogP contribution in [0.2, 0.25) is 0 Å². The van der Waals surface area contributed by atoms with Crippen molar-refractivity contribution in [3.05, 3.63) is 69.7 Å². The SMILES string of the molecule is N#Cc1ccccc1CNC(=O)c1ccccc1Br. The van der Waals surface area contributed by atoms with E-state index in [9.17, 15) is 4.79 Å². The lowest BCUT2D eigenvalue weighted by Crippen LogP contribution is -2.23. The van der Waals surface area contributed by atoms with Crippen molar-refractivity contribution in [1.82, 2.24) is 5.32 Å². The van der Waals surface area contributed by atoms with Crippen molar-refractivity contribution in [2.45, 2.75) is 6.54 Å². The number of nitrogens with one attached hydrogen (secondary N) is 1. The molecule has 0 bridgehead atoms. The molecule has 0 radical (unpaired) electrons. The molecular formula is C15H11BrN2O. The Morgan fingerprint density at radius 3 is 2.58 bits per heavy atom. The zero-order valence-corrected chi connectivity index (χ0v) is 11.6. The molecule has 0 spiro atoms. The Bertz CT molecular complexity index is 647. The number of nitriles is 1. The fourth-order valence-electron chi connectivity index (χ4n) is 1.70. The van der Waals surface area contributed by atoms with Crippen molar-refractivity contribution in [1.29, 1.82) is 5.26 Å². The number of rotatable bonds is 3. The molecule has 0 saturated carbocycles. The highest BCUT2D eigenvalue weighted by Gasteiger charge is 2.09. The van der Waals surface area contributed by atoms with E-state index in [0.29, 0.717) is 17.7 Å². The predicted molar refractivity (Wildman–Crippen MR) is 76.5 cm³/mol. The third-order valence-electron chi connectivity index (χ3n) is 2.70. The molecular weight excluding hydrogens is 304 g/mol. The molecule has 1 N–H and O–H groups in total. The quantitative estimate of drug-likeness (QED) is 0.945. The van der Waals surface area contributed by atoms with Crippen LogP contribution in [0.25, 0.3) is 0 Å². The molecule has 0 saturated heterocycles. The largest absolute Gasteiger partial charge is 0.348 e. The van der Waals surface area contributed by atoms with Crippen LogP contribution in [0.5, 0.6) is 0 Å². The van der Waals surface area contributed by atoms with Crippen LogP contribution in [0.1, 0.15) is 21.5 Å². The minimum atomic E-state index is -0.166. The van der Waals surface area contributed by atoms with E-state index in [4.69, 9.17) is 5.26 Å². The Morgan fingerprint density at radius 2 is 1.84 bits per heavy atom. The van der Waals surface area contributed by atoms with Gasteiger partial charge in [0.2, 0.25) is 0 Å². The first-order valence-electron chi connectivity index (χ1n) is 5.73. The third kappa shape index (κ3) is 3.21. The smallest absolute Gasteiger partial charge is 0.252 e. The number of hydrogen-bond donors (Lipinski definition) is 1. The number of carbonyl (C=O) groups is 1. The Morgan fingerprint density at radius 1 is 1.16 bits per heavy atom. The highest BCUT2D eigenvalue weighted by atomic mass is 79.9. The second-order valence-electron chi connectivity index (χ2n) is 3.93. The first-order chi connectivity index (χ1) is 9.22. The summed E-state index contributed by atoms with van der Waals surface area (Å²) in [5.41, 5.74) is 1.97. The predicted octanol–water partition coefficient (Wildman–Crippen LogP) is 3.25. The molecule has 4 heteroatoms. The van der Waals surface area contributed by atoms with Crippen molar-refractivity contribution in [3.8, 4) is 6.07 Å². The van der Waals surface area contributed by atoms with Gasteiger partial charge in [-0.2, -0.15) is 5.26 Å². The fraction of sp³-hybridized carbons (Fsp3) is 0.0667. The van der Waals surface area contributed by atoms with Gasteiger partial charge in [0.05, 0.1) is 17.2 Å². The normalized spacial score (nSPS) is 9.68. The molecule has 3 nitrogen and oxygen atoms in total. The molecule has 94 valence electrons. The molecule has 0 heterocycles. The molecule has 1 amide bonds. The number of halogens is 1. The van der Waals surface area contributed by atoms with Crippen LogP contribution in [0.15, 0.2) is 53.0 Å². The first kappa shape index (κ1) is 13.3. The van der Waals surface area contributed by atoms with E-state index < -0.39 is 0 Å². The van der Waals surface area contributed by atoms with Crippen LogP contribution in [-0.2, 0) is 6.54 Å². The molecule has 0 aliphatic heterocycles. The molecule has 0 aromatic heterocycles. The summed E-state index contributed by atoms with van der Waals surface area (Å²) in [5.74, 6) is -0.166. The summed E-state index contributed by atoms with van der Waals surface area (Å²) in [7, 11) is 0. The number of carbonyl (C=O) groups excluding carboxylic acids is 1. The lowest BCUT2D eigenvalue weighted by Gasteiger charge is -2.07. The van der Waals surface area contributed by atoms with Crippen molar-refractivity contribution in [3.63, 3.8) is 0 Å². The Balaban J connectivity index is 2.10. The molecule has 0 aliphatic rings. The van der Waals surface area contributed by atoms with Gasteiger partial charge in [-0.15, -0.1) is 0 Å². The summed E-state index contributed by atoms with van der Waals surface area (Å²) in [6.45, 7) is 0.337. The van der Waals surface area contributed by atoms with Crippen LogP contribution in [0.4, 0.5) is 0 Å². The first-order valence-corrected chi connectivity index (χ1v) is 6.52. The van der Waals surface area contributed by atoms with Crippen LogP contribution in [-0.4, -0.2) is 5.91 Å². The van der Waals surface area contributed by atoms with Crippen molar-refractivity contribution >= 4 is 21.8 Å². The Labute approximate surface area is 120 Å². The second kappa shape index (κ2) is 6.17. The molecule has 2 aromatic carbocycles. The molecule has 0 unspecified atom stereocenters. The van der Waals surface area contributed by atoms with E-state index >= 15 is 0 Å². The summed E-state index contributed by atoms with van der Waals surface area (Å²) in [4.78, 5) is 12.0. The van der Waals surface area contributed by atoms with Crippen molar-refractivity contribution in [2.24, 2.45) is 0 Å². The van der Waals surface area contributed by atoms with Crippen molar-refractivity contribution in [2.75, 3.05) is 0 Å². The van der Waals surface area contributed by atoms with Crippen molar-refractivity contribution < 1.29 is 4.79 Å². The van der Waals surface area contributed by atoms with Gasteiger partial charge in [0, 0.05) is 11.0 Å². The van der Waals surface area contributed by atoms with Gasteiger partial charge in [0.1, 0.15) is 0 Å². The molecule has 2 rings (SSSR count). The van der Waals surface area contributed by atoms with Gasteiger partial charge in [-0.3, -0.25) is 4.79 Å². The van der Waals surface area contributed by atoms with Gasteiger partial charge in [0.15, 0.2) is 0 Å². The maximum atomic E-state index is 12.0. The minimum absolute atomic E-state index is 0.166. The Hall–Kier alpha value is -2.12. The van der Waals surface area contributed by atoms with Gasteiger partial charge in [0.25, 0.3) is 5.91 Å². The highest BCUT2D eigenvalue weighted by molar-refractivity contribution is 9.10. The van der Waals surface area contributed by atoms with Gasteiger partial charge in [-0.25, -0.2) is 0 Å². The average Bonchev–Trinajstić information content (AvgIpc) is 2.45. The summed E-state index contributed by atoms with van der Waals surface area (Å²) in [5, 5.41) is 11.8. The van der Waals surface area contributed by atoms with E-state index in [1.54, 1.807) is 18.2 Å². The highest BCUT2D eigenvalue weighted by Crippen LogP contribution is 2.16. The summed E-state index contributed by atoms with van der Waals surface area (Å²) in [6.07, 6.45) is 0. The molecule has 0 fully saturated rings. The van der Waals surface area contributed by atoms with Gasteiger partial charge < -0.3 is 5.32 Å². The molecule has 0 atom stereocenters. The zero-order chi connectivity index (χ0) is 13.7. The number of hydrogen-bond acceptors (Lipinski definition) is 2. The van der Waals surface area contributed by atoms with E-state index in [2.05, 4.69) is 27.3 Å². The lowest BCUT2D eigenvalue weighted by molar-refractivity contribution is 0.0950. The summed E-state index contributed by atoms with van der Waals surface area (Å²) < 4.78 is 0.751. The summed E-state index contributed by atoms with van der Waals surface area (Å²) >= 11 is 3.34. The van der Waals surface area contributed by atoms with Gasteiger partial charge >= 0.3 is 0 Å². The van der Waals surface area contributed by atoms with Gasteiger partial charge in [-0.05, 0) is 39.7 Å². The lowest BCUT2D eigenvalue weighted by atomic mass is 10.1. The van der Waals surface area contributed by atoms with Gasteiger partial charge in [-0.1, -0.05) is 30.3 Å². The molecule has 19 heavy (non-hydrogen) atoms. The number of nitrogens with zero attached hydrogens (tertiary/aromatic N) is 1. The van der Waals surface area contributed by atoms with Crippen LogP contribution >= 0.6 is 15.9 Å². The maximum absolute atomic E-state index is 12.0. The Kier molecular flexibility index (Phi) is 4.32. The number of benzene rings is 2. The van der Waals surface area contributed by atoms with E-state index in [0.717, 1.165) is 10.0 Å². The topological polar surface area (TPSA) is 52.9 Å². The standard InChI is InChI=1S/C15H11BrN2O/c16-14-8-4-3-7-13(14)15(19)18-10-12-6-2-1-5-11(12)9-17/h1-8H,10H2,(H,18,19). The molecule has 0 aliphatic carbocycles. The maximum Gasteiger partial charge on any atom is 0.252 e.